The van der Waals surface area contributed by atoms with Crippen molar-refractivity contribution in [2.24, 2.45) is 0 Å². The molecule has 0 aliphatic carbocycles. The fourth-order valence-corrected chi connectivity index (χ4v) is 5.43. The van der Waals surface area contributed by atoms with Gasteiger partial charge in [0.25, 0.3) is 0 Å². The molecule has 1 saturated heterocycles. The molecule has 22 nitrogen and oxygen atoms in total. The summed E-state index contributed by atoms with van der Waals surface area (Å²) >= 11 is 4.08. The first-order chi connectivity index (χ1) is 25.8. The number of phenols is 1. The van der Waals surface area contributed by atoms with Gasteiger partial charge < -0.3 is 72.6 Å². The van der Waals surface area contributed by atoms with E-state index in [2.05, 4.69) is 49.8 Å². The SMILES string of the molecule is CC(=O)N[C@@H]1[C@@H](O)[C@H](O)[C@@H](CO)O[C@H]1NC(=O)C[C@H](NC(C)=O)C(=O)N[C@@H](CS)C(=O)N[C@@H](C)C(=O)N[C@@H](Cc1ccc(O)cc1)C(=O)N[C@@H](CO)C(=O)O. The highest BCUT2D eigenvalue weighted by molar-refractivity contribution is 7.80. The first-order valence-corrected chi connectivity index (χ1v) is 17.3. The van der Waals surface area contributed by atoms with Gasteiger partial charge in [-0.25, -0.2) is 4.79 Å². The number of hydrogen-bond acceptors (Lipinski definition) is 15. The van der Waals surface area contributed by atoms with Crippen molar-refractivity contribution in [1.82, 2.24) is 37.2 Å². The molecule has 1 aromatic rings. The van der Waals surface area contributed by atoms with Gasteiger partial charge in [0.1, 0.15) is 60.3 Å². The predicted molar refractivity (Wildman–Crippen MR) is 190 cm³/mol. The average Bonchev–Trinajstić information content (AvgIpc) is 3.11. The van der Waals surface area contributed by atoms with Crippen molar-refractivity contribution in [1.29, 1.82) is 0 Å². The number of phenolic OH excluding ortho intramolecular Hbond substituents is 1. The van der Waals surface area contributed by atoms with Crippen LogP contribution in [0.15, 0.2) is 24.3 Å². The average molecular weight is 802 g/mol. The summed E-state index contributed by atoms with van der Waals surface area (Å²) in [5, 5.41) is 74.4. The molecular weight excluding hydrogens is 754 g/mol. The molecule has 13 N–H and O–H groups in total. The molecule has 0 aromatic heterocycles. The van der Waals surface area contributed by atoms with Crippen LogP contribution in [0.4, 0.5) is 0 Å². The van der Waals surface area contributed by atoms with E-state index in [9.17, 15) is 69.0 Å². The molecule has 0 saturated carbocycles. The van der Waals surface area contributed by atoms with Crippen LogP contribution in [0.3, 0.4) is 0 Å². The molecule has 0 unspecified atom stereocenters. The lowest BCUT2D eigenvalue weighted by Crippen LogP contribution is -2.68. The minimum Gasteiger partial charge on any atom is -0.508 e. The molecule has 2 rings (SSSR count). The Labute approximate surface area is 319 Å². The summed E-state index contributed by atoms with van der Waals surface area (Å²) in [4.78, 5) is 101. The smallest absolute Gasteiger partial charge is 0.328 e. The standard InChI is InChI=1S/C32H47N7O15S/c1-13(27(48)36-18(8-16-4-6-17(44)7-5-16)28(49)37-20(10-40)32(52)53)33-30(51)21(12-55)38-29(50)19(34-14(2)42)9-23(45)39-31-24(35-15(3)43)26(47)25(46)22(11-41)54-31/h4-7,13,18-22,24-26,31,40-41,44,46-47,55H,8-12H2,1-3H3,(H,33,51)(H,34,42)(H,35,43)(H,36,48)(H,37,49)(H,38,50)(H,39,45)(H,52,53)/t13-,18-,19-,20-,21-,22+,24+,25+,26+,31+/m0/s1. The van der Waals surface area contributed by atoms with Crippen LogP contribution < -0.4 is 37.2 Å². The third kappa shape index (κ3) is 14.3. The van der Waals surface area contributed by atoms with E-state index in [-0.39, 0.29) is 17.9 Å². The summed E-state index contributed by atoms with van der Waals surface area (Å²) in [5.41, 5.74) is 0.440. The topological polar surface area (TPSA) is 351 Å². The summed E-state index contributed by atoms with van der Waals surface area (Å²) in [6.07, 6.45) is -7.17. The molecule has 0 bridgehead atoms. The Morgan fingerprint density at radius 3 is 1.84 bits per heavy atom. The van der Waals surface area contributed by atoms with E-state index in [1.54, 1.807) is 0 Å². The fraction of sp³-hybridized carbons (Fsp3) is 0.562. The zero-order valence-electron chi connectivity index (χ0n) is 29.9. The van der Waals surface area contributed by atoms with Crippen LogP contribution >= 0.6 is 12.6 Å². The molecule has 306 valence electrons. The lowest BCUT2D eigenvalue weighted by Gasteiger charge is -2.42. The lowest BCUT2D eigenvalue weighted by atomic mass is 9.95. The molecule has 1 aliphatic heterocycles. The van der Waals surface area contributed by atoms with Gasteiger partial charge in [-0.05, 0) is 24.6 Å². The minimum atomic E-state index is -1.70. The highest BCUT2D eigenvalue weighted by Gasteiger charge is 2.45. The Bertz CT molecular complexity index is 1550. The number of aliphatic hydroxyl groups is 4. The van der Waals surface area contributed by atoms with Gasteiger partial charge >= 0.3 is 5.97 Å². The second-order valence-corrected chi connectivity index (χ2v) is 12.9. The van der Waals surface area contributed by atoms with Crippen molar-refractivity contribution < 1.29 is 73.7 Å². The van der Waals surface area contributed by atoms with Crippen molar-refractivity contribution in [3.8, 4) is 5.75 Å². The van der Waals surface area contributed by atoms with Gasteiger partial charge in [0.15, 0.2) is 6.23 Å². The van der Waals surface area contributed by atoms with E-state index in [0.717, 1.165) is 13.8 Å². The van der Waals surface area contributed by atoms with Gasteiger partial charge in [0.2, 0.25) is 41.4 Å². The molecule has 1 heterocycles. The maximum absolute atomic E-state index is 13.3. The molecule has 0 radical (unpaired) electrons. The monoisotopic (exact) mass is 801 g/mol. The first kappa shape index (κ1) is 46.1. The van der Waals surface area contributed by atoms with Crippen molar-refractivity contribution in [3.05, 3.63) is 29.8 Å². The maximum Gasteiger partial charge on any atom is 0.328 e. The van der Waals surface area contributed by atoms with E-state index in [1.807, 2.05) is 0 Å². The van der Waals surface area contributed by atoms with Crippen molar-refractivity contribution in [3.63, 3.8) is 0 Å². The van der Waals surface area contributed by atoms with Crippen LogP contribution in [0.2, 0.25) is 0 Å². The third-order valence-corrected chi connectivity index (χ3v) is 8.42. The van der Waals surface area contributed by atoms with E-state index >= 15 is 0 Å². The zero-order valence-corrected chi connectivity index (χ0v) is 30.8. The molecule has 7 amide bonds. The number of benzene rings is 1. The maximum atomic E-state index is 13.3. The number of aliphatic carboxylic acids is 1. The highest BCUT2D eigenvalue weighted by atomic mass is 32.1. The van der Waals surface area contributed by atoms with Crippen LogP contribution in [-0.2, 0) is 49.5 Å². The van der Waals surface area contributed by atoms with Gasteiger partial charge in [-0.15, -0.1) is 0 Å². The van der Waals surface area contributed by atoms with Crippen LogP contribution in [0.25, 0.3) is 0 Å². The van der Waals surface area contributed by atoms with Crippen molar-refractivity contribution in [2.75, 3.05) is 19.0 Å². The Morgan fingerprint density at radius 2 is 1.31 bits per heavy atom. The number of nitrogens with one attached hydrogen (secondary N) is 7. The third-order valence-electron chi connectivity index (χ3n) is 8.06. The number of amides is 7. The lowest BCUT2D eigenvalue weighted by molar-refractivity contribution is -0.203. The second-order valence-electron chi connectivity index (χ2n) is 12.5. The molecule has 1 aliphatic rings. The molecule has 0 spiro atoms. The summed E-state index contributed by atoms with van der Waals surface area (Å²) in [6, 6.07) is -3.45. The predicted octanol–water partition coefficient (Wildman–Crippen LogP) is -6.14. The summed E-state index contributed by atoms with van der Waals surface area (Å²) in [6.45, 7) is 1.66. The Balaban J connectivity index is 2.14. The van der Waals surface area contributed by atoms with Crippen molar-refractivity contribution >= 4 is 59.9 Å². The minimum absolute atomic E-state index is 0.0843. The Morgan fingerprint density at radius 1 is 0.745 bits per heavy atom. The molecule has 55 heavy (non-hydrogen) atoms. The number of carboxylic acid groups (broad SMARTS) is 1. The highest BCUT2D eigenvalue weighted by Crippen LogP contribution is 2.20. The zero-order chi connectivity index (χ0) is 41.6. The second kappa shape index (κ2) is 21.7. The number of carbonyl (C=O) groups is 8. The van der Waals surface area contributed by atoms with Gasteiger partial charge in [-0.3, -0.25) is 33.6 Å². The van der Waals surface area contributed by atoms with Gasteiger partial charge in [0, 0.05) is 26.0 Å². The first-order valence-electron chi connectivity index (χ1n) is 16.7. The van der Waals surface area contributed by atoms with Crippen molar-refractivity contribution in [2.45, 2.75) is 94.4 Å². The van der Waals surface area contributed by atoms with E-state index < -0.39 is 128 Å². The molecule has 1 aromatic carbocycles. The van der Waals surface area contributed by atoms with Crippen LogP contribution in [0, 0.1) is 0 Å². The number of carboxylic acids is 1. The number of hydrogen-bond donors (Lipinski definition) is 14. The summed E-state index contributed by atoms with van der Waals surface area (Å²) in [5.74, 6) is -8.29. The van der Waals surface area contributed by atoms with Crippen LogP contribution in [0.5, 0.6) is 5.75 Å². The van der Waals surface area contributed by atoms with Gasteiger partial charge in [0.05, 0.1) is 19.6 Å². The molecule has 1 fully saturated rings. The van der Waals surface area contributed by atoms with E-state index in [4.69, 9.17) is 4.74 Å². The normalized spacial score (nSPS) is 21.9. The Kier molecular flexibility index (Phi) is 18.2. The fourth-order valence-electron chi connectivity index (χ4n) is 5.17. The van der Waals surface area contributed by atoms with Gasteiger partial charge in [-0.1, -0.05) is 12.1 Å². The largest absolute Gasteiger partial charge is 0.508 e. The number of carbonyl (C=O) groups excluding carboxylic acids is 7. The number of aliphatic hydroxyl groups excluding tert-OH is 4. The molecular formula is C32H47N7O15S. The summed E-state index contributed by atoms with van der Waals surface area (Å²) in [7, 11) is 0. The number of aromatic hydroxyl groups is 1. The number of thiol groups is 1. The number of rotatable bonds is 19. The Hall–Kier alpha value is -5.07. The van der Waals surface area contributed by atoms with Gasteiger partial charge in [-0.2, -0.15) is 12.6 Å². The summed E-state index contributed by atoms with van der Waals surface area (Å²) < 4.78 is 5.44. The van der Waals surface area contributed by atoms with Crippen LogP contribution in [0.1, 0.15) is 32.8 Å². The molecule has 23 heteroatoms. The van der Waals surface area contributed by atoms with E-state index in [1.165, 1.54) is 31.2 Å². The quantitative estimate of drug-likeness (QED) is 0.0579. The number of ether oxygens (including phenoxy) is 1. The van der Waals surface area contributed by atoms with Crippen LogP contribution in [-0.4, -0.2) is 158 Å². The van der Waals surface area contributed by atoms with E-state index in [0.29, 0.717) is 5.56 Å². The molecule has 10 atom stereocenters.